The summed E-state index contributed by atoms with van der Waals surface area (Å²) in [7, 11) is 0. The van der Waals surface area contributed by atoms with Crippen molar-refractivity contribution in [2.45, 2.75) is 51.9 Å². The Morgan fingerprint density at radius 3 is 3.05 bits per heavy atom. The summed E-state index contributed by atoms with van der Waals surface area (Å²) in [5.74, 6) is 1.97. The predicted octanol–water partition coefficient (Wildman–Crippen LogP) is 2.59. The van der Waals surface area contributed by atoms with Crippen molar-refractivity contribution in [1.29, 1.82) is 0 Å². The number of nitrogens with two attached hydrogens (primary N) is 1. The van der Waals surface area contributed by atoms with Crippen molar-refractivity contribution in [2.24, 2.45) is 11.7 Å². The lowest BCUT2D eigenvalue weighted by Gasteiger charge is -2.17. The molecule has 2 aromatic rings. The van der Waals surface area contributed by atoms with Gasteiger partial charge in [-0.15, -0.1) is 10.2 Å². The Balaban J connectivity index is 1.81. The maximum atomic E-state index is 5.53. The molecule has 0 bridgehead atoms. The van der Waals surface area contributed by atoms with Gasteiger partial charge in [-0.25, -0.2) is 0 Å². The van der Waals surface area contributed by atoms with Crippen LogP contribution in [0, 0.1) is 5.92 Å². The number of fused-ring (bicyclic) bond motifs is 3. The highest BCUT2D eigenvalue weighted by Crippen LogP contribution is 2.32. The number of aromatic nitrogens is 3. The van der Waals surface area contributed by atoms with Crippen LogP contribution in [0.1, 0.15) is 49.0 Å². The first-order chi connectivity index (χ1) is 9.29. The molecular weight excluding hydrogens is 256 g/mol. The molecule has 0 spiro atoms. The first-order valence-electron chi connectivity index (χ1n) is 7.34. The molecule has 2 heterocycles. The molecule has 4 nitrogen and oxygen atoms in total. The molecule has 104 valence electrons. The quantitative estimate of drug-likeness (QED) is 0.855. The van der Waals surface area contributed by atoms with E-state index in [4.69, 9.17) is 5.73 Å². The normalized spacial score (nSPS) is 18.9. The maximum absolute atomic E-state index is 5.53. The summed E-state index contributed by atoms with van der Waals surface area (Å²) in [6.45, 7) is 3.14. The molecule has 5 heteroatoms. The highest BCUT2D eigenvalue weighted by atomic mass is 32.1. The van der Waals surface area contributed by atoms with Gasteiger partial charge in [0.2, 0.25) is 4.96 Å². The van der Waals surface area contributed by atoms with Crippen LogP contribution in [0.25, 0.3) is 4.96 Å². The number of thiazole rings is 1. The minimum atomic E-state index is 0.793. The van der Waals surface area contributed by atoms with Crippen molar-refractivity contribution < 1.29 is 0 Å². The molecule has 0 saturated heterocycles. The molecule has 3 rings (SSSR count). The zero-order valence-corrected chi connectivity index (χ0v) is 12.4. The van der Waals surface area contributed by atoms with Crippen molar-refractivity contribution in [3.8, 4) is 0 Å². The van der Waals surface area contributed by atoms with Gasteiger partial charge in [0.05, 0.1) is 0 Å². The van der Waals surface area contributed by atoms with E-state index in [0.717, 1.165) is 36.1 Å². The molecule has 1 atom stereocenters. The first kappa shape index (κ1) is 13.1. The number of aryl methyl sites for hydroxylation is 2. The third-order valence-corrected chi connectivity index (χ3v) is 5.11. The summed E-state index contributed by atoms with van der Waals surface area (Å²) < 4.78 is 2.33. The zero-order valence-electron chi connectivity index (χ0n) is 11.6. The minimum absolute atomic E-state index is 0.793. The summed E-state index contributed by atoms with van der Waals surface area (Å²) in [6.07, 6.45) is 8.19. The molecule has 19 heavy (non-hydrogen) atoms. The lowest BCUT2D eigenvalue weighted by atomic mass is 9.93. The van der Waals surface area contributed by atoms with Gasteiger partial charge in [0, 0.05) is 17.0 Å². The standard InChI is InChI=1S/C14H22N4S/c1-10-6-7-11-12(9-10)19-14-17-16-13(18(11)14)5-3-2-4-8-15/h10H,2-9,15H2,1H3. The van der Waals surface area contributed by atoms with Crippen LogP contribution < -0.4 is 5.73 Å². The Morgan fingerprint density at radius 2 is 2.21 bits per heavy atom. The molecule has 1 aliphatic rings. The molecule has 0 amide bonds. The smallest absolute Gasteiger partial charge is 0.216 e. The predicted molar refractivity (Wildman–Crippen MR) is 78.7 cm³/mol. The van der Waals surface area contributed by atoms with Crippen molar-refractivity contribution in [2.75, 3.05) is 6.54 Å². The van der Waals surface area contributed by atoms with E-state index in [2.05, 4.69) is 21.5 Å². The second-order valence-corrected chi connectivity index (χ2v) is 6.72. The fourth-order valence-corrected chi connectivity index (χ4v) is 4.20. The van der Waals surface area contributed by atoms with Crippen LogP contribution in [0.4, 0.5) is 0 Å². The van der Waals surface area contributed by atoms with Gasteiger partial charge in [-0.05, 0) is 44.6 Å². The average Bonchev–Trinajstić information content (AvgIpc) is 2.93. The fraction of sp³-hybridized carbons (Fsp3) is 0.714. The average molecular weight is 278 g/mol. The molecule has 1 unspecified atom stereocenters. The van der Waals surface area contributed by atoms with Crippen molar-refractivity contribution in [3.63, 3.8) is 0 Å². The molecule has 2 N–H and O–H groups in total. The van der Waals surface area contributed by atoms with Gasteiger partial charge in [-0.3, -0.25) is 4.40 Å². The number of nitrogens with zero attached hydrogens (tertiary/aromatic N) is 3. The SMILES string of the molecule is CC1CCc2c(sc3nnc(CCCCCN)n23)C1. The summed E-state index contributed by atoms with van der Waals surface area (Å²) in [6, 6.07) is 0. The molecular formula is C14H22N4S. The Morgan fingerprint density at radius 1 is 1.32 bits per heavy atom. The number of rotatable bonds is 5. The van der Waals surface area contributed by atoms with Crippen LogP contribution in [0.15, 0.2) is 0 Å². The molecule has 0 saturated carbocycles. The van der Waals surface area contributed by atoms with E-state index in [9.17, 15) is 0 Å². The van der Waals surface area contributed by atoms with Gasteiger partial charge in [0.1, 0.15) is 5.82 Å². The summed E-state index contributed by atoms with van der Waals surface area (Å²) in [4.78, 5) is 2.62. The third-order valence-electron chi connectivity index (χ3n) is 4.02. The van der Waals surface area contributed by atoms with Crippen LogP contribution in [0.3, 0.4) is 0 Å². The van der Waals surface area contributed by atoms with E-state index in [1.807, 2.05) is 11.3 Å². The summed E-state index contributed by atoms with van der Waals surface area (Å²) >= 11 is 1.84. The lowest BCUT2D eigenvalue weighted by molar-refractivity contribution is 0.497. The number of hydrogen-bond donors (Lipinski definition) is 1. The Hall–Kier alpha value is -0.940. The van der Waals surface area contributed by atoms with E-state index in [1.165, 1.54) is 42.7 Å². The number of hydrogen-bond acceptors (Lipinski definition) is 4. The van der Waals surface area contributed by atoms with Crippen LogP contribution in [0.5, 0.6) is 0 Å². The van der Waals surface area contributed by atoms with E-state index in [-0.39, 0.29) is 0 Å². The van der Waals surface area contributed by atoms with E-state index in [0.29, 0.717) is 0 Å². The highest BCUT2D eigenvalue weighted by Gasteiger charge is 2.23. The molecule has 0 radical (unpaired) electrons. The molecule has 0 aromatic carbocycles. The van der Waals surface area contributed by atoms with Crippen molar-refractivity contribution >= 4 is 16.3 Å². The van der Waals surface area contributed by atoms with Crippen LogP contribution in [0.2, 0.25) is 0 Å². The van der Waals surface area contributed by atoms with Crippen molar-refractivity contribution in [1.82, 2.24) is 14.6 Å². The largest absolute Gasteiger partial charge is 0.330 e. The van der Waals surface area contributed by atoms with Gasteiger partial charge >= 0.3 is 0 Å². The van der Waals surface area contributed by atoms with E-state index in [1.54, 1.807) is 0 Å². The Kier molecular flexibility index (Phi) is 3.84. The van der Waals surface area contributed by atoms with Crippen LogP contribution in [-0.2, 0) is 19.3 Å². The van der Waals surface area contributed by atoms with Gasteiger partial charge < -0.3 is 5.73 Å². The van der Waals surface area contributed by atoms with E-state index < -0.39 is 0 Å². The topological polar surface area (TPSA) is 56.2 Å². The maximum Gasteiger partial charge on any atom is 0.216 e. The fourth-order valence-electron chi connectivity index (χ4n) is 2.91. The molecule has 1 aliphatic carbocycles. The second kappa shape index (κ2) is 5.59. The zero-order chi connectivity index (χ0) is 13.2. The Labute approximate surface area is 118 Å². The lowest BCUT2D eigenvalue weighted by Crippen LogP contribution is -2.12. The first-order valence-corrected chi connectivity index (χ1v) is 8.16. The summed E-state index contributed by atoms with van der Waals surface area (Å²) in [5, 5.41) is 8.73. The monoisotopic (exact) mass is 278 g/mol. The minimum Gasteiger partial charge on any atom is -0.330 e. The van der Waals surface area contributed by atoms with Crippen LogP contribution in [-0.4, -0.2) is 21.1 Å². The second-order valence-electron chi connectivity index (χ2n) is 5.65. The van der Waals surface area contributed by atoms with Gasteiger partial charge in [0.25, 0.3) is 0 Å². The molecule has 2 aromatic heterocycles. The van der Waals surface area contributed by atoms with Crippen LogP contribution >= 0.6 is 11.3 Å². The third kappa shape index (κ3) is 2.54. The molecule has 0 fully saturated rings. The molecule has 0 aliphatic heterocycles. The number of unbranched alkanes of at least 4 members (excludes halogenated alkanes) is 2. The van der Waals surface area contributed by atoms with E-state index >= 15 is 0 Å². The highest BCUT2D eigenvalue weighted by molar-refractivity contribution is 7.17. The van der Waals surface area contributed by atoms with Crippen molar-refractivity contribution in [3.05, 3.63) is 16.4 Å². The van der Waals surface area contributed by atoms with Gasteiger partial charge in [-0.1, -0.05) is 24.7 Å². The van der Waals surface area contributed by atoms with Gasteiger partial charge in [-0.2, -0.15) is 0 Å². The van der Waals surface area contributed by atoms with Gasteiger partial charge in [0.15, 0.2) is 0 Å². The Bertz CT molecular complexity index is 557. The summed E-state index contributed by atoms with van der Waals surface area (Å²) in [5.41, 5.74) is 7.02.